The van der Waals surface area contributed by atoms with E-state index in [4.69, 9.17) is 4.74 Å². The van der Waals surface area contributed by atoms with Gasteiger partial charge >= 0.3 is 0 Å². The van der Waals surface area contributed by atoms with Crippen molar-refractivity contribution in [3.63, 3.8) is 0 Å². The lowest BCUT2D eigenvalue weighted by atomic mass is 10.1. The summed E-state index contributed by atoms with van der Waals surface area (Å²) in [4.78, 5) is 27.0. The maximum absolute atomic E-state index is 12.4. The zero-order chi connectivity index (χ0) is 22.8. The Bertz CT molecular complexity index is 909. The fourth-order valence-corrected chi connectivity index (χ4v) is 3.51. The molecule has 0 spiro atoms. The number of hydrogen-bond acceptors (Lipinski definition) is 5. The average molecular weight is 437 g/mol. The number of amides is 2. The van der Waals surface area contributed by atoms with Gasteiger partial charge in [-0.2, -0.15) is 5.10 Å². The Morgan fingerprint density at radius 1 is 1.03 bits per heavy atom. The van der Waals surface area contributed by atoms with Gasteiger partial charge in [-0.25, -0.2) is 5.01 Å². The highest BCUT2D eigenvalue weighted by atomic mass is 16.5. The van der Waals surface area contributed by atoms with E-state index in [1.807, 2.05) is 54.6 Å². The molecule has 7 heteroatoms. The van der Waals surface area contributed by atoms with Crippen LogP contribution in [0.5, 0.6) is 5.75 Å². The van der Waals surface area contributed by atoms with Crippen LogP contribution in [0, 0.1) is 0 Å². The summed E-state index contributed by atoms with van der Waals surface area (Å²) in [5.74, 6) is 0.439. The molecule has 0 aliphatic carbocycles. The minimum Gasteiger partial charge on any atom is -0.492 e. The lowest BCUT2D eigenvalue weighted by Crippen LogP contribution is -2.27. The van der Waals surface area contributed by atoms with Crippen LogP contribution in [-0.4, -0.2) is 60.2 Å². The summed E-state index contributed by atoms with van der Waals surface area (Å²) in [6, 6.07) is 17.1. The molecule has 1 aliphatic heterocycles. The van der Waals surface area contributed by atoms with Crippen molar-refractivity contribution in [2.24, 2.45) is 5.10 Å². The molecule has 3 rings (SSSR count). The van der Waals surface area contributed by atoms with Crippen LogP contribution < -0.4 is 10.1 Å². The van der Waals surface area contributed by atoms with E-state index in [-0.39, 0.29) is 24.7 Å². The molecule has 0 radical (unpaired) electrons. The van der Waals surface area contributed by atoms with Gasteiger partial charge in [0.05, 0.1) is 12.3 Å². The maximum atomic E-state index is 12.4. The molecule has 2 amide bonds. The van der Waals surface area contributed by atoms with Crippen molar-refractivity contribution in [2.45, 2.75) is 33.1 Å². The number of hydrazone groups is 1. The summed E-state index contributed by atoms with van der Waals surface area (Å²) in [5.41, 5.74) is 2.62. The molecule has 0 bridgehead atoms. The molecule has 0 aromatic heterocycles. The molecule has 1 N–H and O–H groups in total. The largest absolute Gasteiger partial charge is 0.492 e. The summed E-state index contributed by atoms with van der Waals surface area (Å²) < 4.78 is 5.76. The zero-order valence-corrected chi connectivity index (χ0v) is 18.9. The lowest BCUT2D eigenvalue weighted by Gasteiger charge is -2.18. The quantitative estimate of drug-likeness (QED) is 0.582. The SMILES string of the molecule is CCN(CC)CCOc1ccc(NC(=O)CCC(=O)N2CCC(c3ccccc3)=N2)cc1. The van der Waals surface area contributed by atoms with E-state index in [0.29, 0.717) is 18.8 Å². The van der Waals surface area contributed by atoms with Crippen molar-refractivity contribution in [3.05, 3.63) is 60.2 Å². The number of rotatable bonds is 11. The van der Waals surface area contributed by atoms with Crippen molar-refractivity contribution in [1.82, 2.24) is 9.91 Å². The smallest absolute Gasteiger partial charge is 0.243 e. The van der Waals surface area contributed by atoms with Crippen LogP contribution in [0.15, 0.2) is 59.7 Å². The van der Waals surface area contributed by atoms with Crippen LogP contribution in [0.2, 0.25) is 0 Å². The van der Waals surface area contributed by atoms with Gasteiger partial charge in [-0.3, -0.25) is 9.59 Å². The fraction of sp³-hybridized carbons (Fsp3) is 0.400. The standard InChI is InChI=1S/C25H32N4O3/c1-3-28(4-2)18-19-32-22-12-10-21(11-13-22)26-24(30)14-15-25(31)29-17-16-23(27-29)20-8-6-5-7-9-20/h5-13H,3-4,14-19H2,1-2H3,(H,26,30). The molecule has 7 nitrogen and oxygen atoms in total. The number of nitrogens with one attached hydrogen (secondary N) is 1. The summed E-state index contributed by atoms with van der Waals surface area (Å²) >= 11 is 0. The van der Waals surface area contributed by atoms with Crippen molar-refractivity contribution in [2.75, 3.05) is 38.1 Å². The first-order chi connectivity index (χ1) is 15.6. The molecule has 32 heavy (non-hydrogen) atoms. The van der Waals surface area contributed by atoms with Crippen molar-refractivity contribution in [1.29, 1.82) is 0 Å². The van der Waals surface area contributed by atoms with E-state index in [2.05, 4.69) is 29.2 Å². The Balaban J connectivity index is 1.40. The van der Waals surface area contributed by atoms with Gasteiger partial charge in [-0.05, 0) is 42.9 Å². The summed E-state index contributed by atoms with van der Waals surface area (Å²) in [6.45, 7) is 8.34. The summed E-state index contributed by atoms with van der Waals surface area (Å²) in [7, 11) is 0. The molecule has 0 atom stereocenters. The third kappa shape index (κ3) is 6.92. The molecule has 0 saturated carbocycles. The number of nitrogens with zero attached hydrogens (tertiary/aromatic N) is 3. The molecular formula is C25H32N4O3. The Kier molecular flexibility index (Phi) is 8.80. The molecule has 0 saturated heterocycles. The monoisotopic (exact) mass is 436 g/mol. The molecule has 0 unspecified atom stereocenters. The van der Waals surface area contributed by atoms with E-state index in [1.54, 1.807) is 0 Å². The maximum Gasteiger partial charge on any atom is 0.243 e. The Labute approximate surface area is 190 Å². The number of benzene rings is 2. The minimum atomic E-state index is -0.194. The van der Waals surface area contributed by atoms with Gasteiger partial charge in [-0.1, -0.05) is 44.2 Å². The Hall–Kier alpha value is -3.19. The topological polar surface area (TPSA) is 74.2 Å². The van der Waals surface area contributed by atoms with Gasteiger partial charge in [0.15, 0.2) is 0 Å². The first-order valence-electron chi connectivity index (χ1n) is 11.3. The lowest BCUT2D eigenvalue weighted by molar-refractivity contribution is -0.132. The first kappa shape index (κ1) is 23.5. The second kappa shape index (κ2) is 12.0. The number of anilines is 1. The molecule has 1 heterocycles. The second-order valence-corrected chi connectivity index (χ2v) is 7.63. The first-order valence-corrected chi connectivity index (χ1v) is 11.3. The van der Waals surface area contributed by atoms with Gasteiger partial charge in [0, 0.05) is 31.5 Å². The number of ether oxygens (including phenoxy) is 1. The molecular weight excluding hydrogens is 404 g/mol. The Morgan fingerprint density at radius 2 is 1.75 bits per heavy atom. The number of carbonyl (C=O) groups is 2. The highest BCUT2D eigenvalue weighted by Crippen LogP contribution is 2.17. The van der Waals surface area contributed by atoms with E-state index in [1.165, 1.54) is 5.01 Å². The van der Waals surface area contributed by atoms with Crippen LogP contribution >= 0.6 is 0 Å². The highest BCUT2D eigenvalue weighted by Gasteiger charge is 2.21. The zero-order valence-electron chi connectivity index (χ0n) is 18.9. The van der Waals surface area contributed by atoms with E-state index >= 15 is 0 Å². The van der Waals surface area contributed by atoms with Crippen LogP contribution in [-0.2, 0) is 9.59 Å². The minimum absolute atomic E-state index is 0.119. The Morgan fingerprint density at radius 3 is 2.44 bits per heavy atom. The third-order valence-electron chi connectivity index (χ3n) is 5.47. The van der Waals surface area contributed by atoms with Gasteiger partial charge in [0.1, 0.15) is 12.4 Å². The predicted octanol–water partition coefficient (Wildman–Crippen LogP) is 3.76. The van der Waals surface area contributed by atoms with Gasteiger partial charge in [0.2, 0.25) is 11.8 Å². The van der Waals surface area contributed by atoms with Crippen molar-refractivity contribution < 1.29 is 14.3 Å². The average Bonchev–Trinajstić information content (AvgIpc) is 3.32. The van der Waals surface area contributed by atoms with Crippen LogP contribution in [0.4, 0.5) is 5.69 Å². The predicted molar refractivity (Wildman–Crippen MR) is 127 cm³/mol. The van der Waals surface area contributed by atoms with E-state index in [0.717, 1.165) is 43.1 Å². The molecule has 0 fully saturated rings. The van der Waals surface area contributed by atoms with E-state index in [9.17, 15) is 9.59 Å². The van der Waals surface area contributed by atoms with Gasteiger partial charge < -0.3 is 15.0 Å². The third-order valence-corrected chi connectivity index (χ3v) is 5.47. The summed E-state index contributed by atoms with van der Waals surface area (Å²) in [5, 5.41) is 8.73. The number of likely N-dealkylation sites (N-methyl/N-ethyl adjacent to an activating group) is 1. The van der Waals surface area contributed by atoms with Crippen molar-refractivity contribution >= 4 is 23.2 Å². The van der Waals surface area contributed by atoms with Gasteiger partial charge in [-0.15, -0.1) is 0 Å². The van der Waals surface area contributed by atoms with E-state index < -0.39 is 0 Å². The fourth-order valence-electron chi connectivity index (χ4n) is 3.51. The van der Waals surface area contributed by atoms with Gasteiger partial charge in [0.25, 0.3) is 0 Å². The second-order valence-electron chi connectivity index (χ2n) is 7.63. The molecule has 1 aliphatic rings. The number of carbonyl (C=O) groups excluding carboxylic acids is 2. The van der Waals surface area contributed by atoms with Crippen molar-refractivity contribution in [3.8, 4) is 5.75 Å². The number of hydrogen-bond donors (Lipinski definition) is 1. The molecule has 170 valence electrons. The molecule has 2 aromatic carbocycles. The van der Waals surface area contributed by atoms with Crippen LogP contribution in [0.3, 0.4) is 0 Å². The van der Waals surface area contributed by atoms with Crippen LogP contribution in [0.1, 0.15) is 38.7 Å². The normalized spacial score (nSPS) is 13.2. The van der Waals surface area contributed by atoms with Crippen LogP contribution in [0.25, 0.3) is 0 Å². The molecule has 2 aromatic rings. The summed E-state index contributed by atoms with van der Waals surface area (Å²) in [6.07, 6.45) is 0.975. The highest BCUT2D eigenvalue weighted by molar-refractivity contribution is 6.02.